The first-order chi connectivity index (χ1) is 13.7. The Morgan fingerprint density at radius 1 is 1.17 bits per heavy atom. The molecule has 0 bridgehead atoms. The molecule has 29 heavy (non-hydrogen) atoms. The highest BCUT2D eigenvalue weighted by Crippen LogP contribution is 2.31. The van der Waals surface area contributed by atoms with Gasteiger partial charge in [-0.3, -0.25) is 4.79 Å². The van der Waals surface area contributed by atoms with E-state index in [1.807, 2.05) is 0 Å². The van der Waals surface area contributed by atoms with Gasteiger partial charge in [-0.15, -0.1) is 0 Å². The number of anilines is 3. The summed E-state index contributed by atoms with van der Waals surface area (Å²) in [5, 5.41) is 2.81. The first-order valence-electron chi connectivity index (χ1n) is 8.54. The number of benzene rings is 1. The van der Waals surface area contributed by atoms with Crippen molar-refractivity contribution in [1.82, 2.24) is 9.97 Å². The van der Waals surface area contributed by atoms with Crippen molar-refractivity contribution in [3.8, 4) is 5.75 Å². The van der Waals surface area contributed by atoms with Crippen LogP contribution in [0.3, 0.4) is 0 Å². The number of nitrogens with one attached hydrogen (secondary N) is 1. The van der Waals surface area contributed by atoms with Crippen molar-refractivity contribution < 1.29 is 31.5 Å². The zero-order valence-corrected chi connectivity index (χ0v) is 15.1. The minimum absolute atomic E-state index is 0.00137. The molecule has 3 rings (SSSR count). The van der Waals surface area contributed by atoms with Gasteiger partial charge in [-0.25, -0.2) is 13.2 Å². The van der Waals surface area contributed by atoms with Gasteiger partial charge in [0.05, 0.1) is 6.42 Å². The molecule has 0 radical (unpaired) electrons. The third kappa shape index (κ3) is 4.00. The van der Waals surface area contributed by atoms with Gasteiger partial charge in [0, 0.05) is 25.7 Å². The summed E-state index contributed by atoms with van der Waals surface area (Å²) < 4.78 is 71.5. The fourth-order valence-corrected chi connectivity index (χ4v) is 3.10. The normalized spacial score (nSPS) is 16.2. The largest absolute Gasteiger partial charge is 0.420 e. The topological polar surface area (TPSA) is 93.4 Å². The maximum absolute atomic E-state index is 13.7. The average Bonchev–Trinajstić information content (AvgIpc) is 3.15. The first kappa shape index (κ1) is 20.6. The van der Waals surface area contributed by atoms with Crippen LogP contribution in [-0.2, 0) is 4.79 Å². The number of halogens is 5. The Bertz CT molecular complexity index is 929. The summed E-state index contributed by atoms with van der Waals surface area (Å²) in [4.78, 5) is 22.0. The molecule has 1 aromatic heterocycles. The molecule has 2 heterocycles. The average molecular weight is 417 g/mol. The summed E-state index contributed by atoms with van der Waals surface area (Å²) in [5.74, 6) is -13.0. The molecule has 0 amide bonds. The molecule has 1 saturated heterocycles. The van der Waals surface area contributed by atoms with E-state index in [4.69, 9.17) is 5.73 Å². The second-order valence-electron chi connectivity index (χ2n) is 6.29. The molecule has 156 valence electrons. The van der Waals surface area contributed by atoms with Crippen molar-refractivity contribution in [1.29, 1.82) is 0 Å². The van der Waals surface area contributed by atoms with Crippen LogP contribution in [0, 0.1) is 29.1 Å². The van der Waals surface area contributed by atoms with Crippen molar-refractivity contribution in [2.45, 2.75) is 25.3 Å². The number of carbonyl (C=O) groups excluding carboxylic acids is 1. The molecule has 1 aliphatic rings. The van der Waals surface area contributed by atoms with Crippen molar-refractivity contribution >= 4 is 23.6 Å². The lowest BCUT2D eigenvalue weighted by Gasteiger charge is -2.25. The van der Waals surface area contributed by atoms with Gasteiger partial charge in [0.15, 0.2) is 0 Å². The fraction of sp³-hybridized carbons (Fsp3) is 0.353. The third-order valence-electron chi connectivity index (χ3n) is 4.45. The Morgan fingerprint density at radius 3 is 2.41 bits per heavy atom. The van der Waals surface area contributed by atoms with Gasteiger partial charge < -0.3 is 20.7 Å². The van der Waals surface area contributed by atoms with E-state index in [0.717, 1.165) is 0 Å². The summed E-state index contributed by atoms with van der Waals surface area (Å²) in [7, 11) is 1.63. The van der Waals surface area contributed by atoms with E-state index in [1.165, 1.54) is 0 Å². The van der Waals surface area contributed by atoms with Gasteiger partial charge in [-0.1, -0.05) is 0 Å². The van der Waals surface area contributed by atoms with E-state index in [2.05, 4.69) is 20.0 Å². The highest BCUT2D eigenvalue weighted by molar-refractivity contribution is 5.74. The fourth-order valence-electron chi connectivity index (χ4n) is 3.10. The summed E-state index contributed by atoms with van der Waals surface area (Å²) in [6.45, 7) is 0.514. The number of nitrogens with zero attached hydrogens (tertiary/aromatic N) is 3. The van der Waals surface area contributed by atoms with Crippen LogP contribution in [0.1, 0.15) is 19.3 Å². The van der Waals surface area contributed by atoms with Crippen molar-refractivity contribution in [2.75, 3.05) is 29.5 Å². The van der Waals surface area contributed by atoms with Gasteiger partial charge in [0.2, 0.25) is 40.8 Å². The summed E-state index contributed by atoms with van der Waals surface area (Å²) in [6.07, 6.45) is 0.836. The van der Waals surface area contributed by atoms with Crippen LogP contribution in [0.5, 0.6) is 5.75 Å². The SMILES string of the molecule is CNc1cc(N2CCCC2CC(=O)Oc2c(F)c(F)c(F)c(F)c2F)nc(N)n1. The molecule has 12 heteroatoms. The Kier molecular flexibility index (Phi) is 5.71. The van der Waals surface area contributed by atoms with Crippen molar-refractivity contribution in [2.24, 2.45) is 0 Å². The Labute approximate surface area is 161 Å². The summed E-state index contributed by atoms with van der Waals surface area (Å²) in [6, 6.07) is 1.13. The minimum Gasteiger partial charge on any atom is -0.420 e. The second kappa shape index (κ2) is 8.05. The zero-order chi connectivity index (χ0) is 21.3. The molecule has 1 unspecified atom stereocenters. The standard InChI is InChI=1S/C17H16F5N5O2/c1-24-8-6-9(26-17(23)25-8)27-4-2-3-7(27)5-10(28)29-16-14(21)12(19)11(18)13(20)15(16)22/h6-7H,2-5H2,1H3,(H3,23,24,25,26). The third-order valence-corrected chi connectivity index (χ3v) is 4.45. The number of nitrogens with two attached hydrogens (primary N) is 1. The van der Waals surface area contributed by atoms with E-state index in [-0.39, 0.29) is 12.4 Å². The number of ether oxygens (including phenoxy) is 1. The molecule has 3 N–H and O–H groups in total. The maximum Gasteiger partial charge on any atom is 0.313 e. The minimum atomic E-state index is -2.33. The van der Waals surface area contributed by atoms with Gasteiger partial charge in [0.25, 0.3) is 0 Å². The molecule has 0 aliphatic carbocycles. The molecule has 1 atom stereocenters. The van der Waals surface area contributed by atoms with Gasteiger partial charge in [0.1, 0.15) is 11.6 Å². The van der Waals surface area contributed by atoms with E-state index < -0.39 is 46.8 Å². The van der Waals surface area contributed by atoms with E-state index >= 15 is 0 Å². The molecular weight excluding hydrogens is 401 g/mol. The lowest BCUT2D eigenvalue weighted by Crippen LogP contribution is -2.33. The molecule has 1 fully saturated rings. The smallest absolute Gasteiger partial charge is 0.313 e. The van der Waals surface area contributed by atoms with Crippen LogP contribution in [0.15, 0.2) is 6.07 Å². The number of hydrogen-bond donors (Lipinski definition) is 2. The van der Waals surface area contributed by atoms with Crippen molar-refractivity contribution in [3.63, 3.8) is 0 Å². The maximum atomic E-state index is 13.7. The number of aromatic nitrogens is 2. The monoisotopic (exact) mass is 417 g/mol. The van der Waals surface area contributed by atoms with Crippen LogP contribution >= 0.6 is 0 Å². The first-order valence-corrected chi connectivity index (χ1v) is 8.54. The summed E-state index contributed by atoms with van der Waals surface area (Å²) in [5.41, 5.74) is 5.66. The van der Waals surface area contributed by atoms with Crippen LogP contribution in [0.25, 0.3) is 0 Å². The summed E-state index contributed by atoms with van der Waals surface area (Å²) >= 11 is 0. The number of nitrogen functional groups attached to an aromatic ring is 1. The second-order valence-corrected chi connectivity index (χ2v) is 6.29. The molecule has 1 aromatic carbocycles. The van der Waals surface area contributed by atoms with Gasteiger partial charge in [-0.2, -0.15) is 18.7 Å². The highest BCUT2D eigenvalue weighted by Gasteiger charge is 2.32. The van der Waals surface area contributed by atoms with Crippen molar-refractivity contribution in [3.05, 3.63) is 35.2 Å². The number of esters is 1. The number of hydrogen-bond acceptors (Lipinski definition) is 7. The van der Waals surface area contributed by atoms with Gasteiger partial charge in [-0.05, 0) is 12.8 Å². The van der Waals surface area contributed by atoms with Crippen LogP contribution in [-0.4, -0.2) is 35.6 Å². The lowest BCUT2D eigenvalue weighted by molar-refractivity contribution is -0.135. The van der Waals surface area contributed by atoms with Gasteiger partial charge >= 0.3 is 5.97 Å². The molecule has 7 nitrogen and oxygen atoms in total. The predicted octanol–water partition coefficient (Wildman–Crippen LogP) is 2.76. The lowest BCUT2D eigenvalue weighted by atomic mass is 10.1. The van der Waals surface area contributed by atoms with Crippen LogP contribution in [0.4, 0.5) is 39.5 Å². The Hall–Kier alpha value is -3.18. The predicted molar refractivity (Wildman–Crippen MR) is 92.8 cm³/mol. The number of rotatable bonds is 5. The molecule has 0 spiro atoms. The van der Waals surface area contributed by atoms with E-state index in [0.29, 0.717) is 31.0 Å². The Morgan fingerprint density at radius 2 is 1.79 bits per heavy atom. The van der Waals surface area contributed by atoms with Crippen LogP contribution in [0.2, 0.25) is 0 Å². The molecule has 1 aliphatic heterocycles. The zero-order valence-electron chi connectivity index (χ0n) is 15.1. The molecular formula is C17H16F5N5O2. The van der Waals surface area contributed by atoms with E-state index in [9.17, 15) is 26.7 Å². The van der Waals surface area contributed by atoms with Crippen LogP contribution < -0.4 is 20.7 Å². The van der Waals surface area contributed by atoms with E-state index in [1.54, 1.807) is 18.0 Å². The molecule has 0 saturated carbocycles. The highest BCUT2D eigenvalue weighted by atomic mass is 19.2. The Balaban J connectivity index is 1.78. The quantitative estimate of drug-likeness (QED) is 0.254. The molecule has 2 aromatic rings. The number of carbonyl (C=O) groups is 1.